The minimum Gasteiger partial charge on any atom is -0.303 e. The highest BCUT2D eigenvalue weighted by Crippen LogP contribution is 2.40. The van der Waals surface area contributed by atoms with Crippen LogP contribution in [-0.4, -0.2) is 20.3 Å². The van der Waals surface area contributed by atoms with Crippen LogP contribution in [0.25, 0.3) is 16.9 Å². The highest BCUT2D eigenvalue weighted by molar-refractivity contribution is 7.15. The molecule has 0 aliphatic heterocycles. The zero-order valence-corrected chi connectivity index (χ0v) is 22.3. The summed E-state index contributed by atoms with van der Waals surface area (Å²) >= 11 is 1.64. The quantitative estimate of drug-likeness (QED) is 0.348. The number of anilines is 1. The molecule has 1 aliphatic rings. The maximum Gasteiger partial charge on any atom is 0.232 e. The van der Waals surface area contributed by atoms with E-state index in [2.05, 4.69) is 75.5 Å². The Bertz CT molecular complexity index is 1420. The number of carbonyl (C=O) groups excluding carboxylic acids is 1. The minimum absolute atomic E-state index is 0.0585. The molecule has 0 spiro atoms. The Morgan fingerprint density at radius 1 is 1.11 bits per heavy atom. The van der Waals surface area contributed by atoms with E-state index in [-0.39, 0.29) is 17.7 Å². The SMILES string of the molecule is Cc1ccc(-c2nc3c(C)cccn3c2CC(=O)Nc2nc3c(s2)CC(C(C)(C)C)CC3)cc1C. The lowest BCUT2D eigenvalue weighted by Gasteiger charge is -2.33. The Labute approximate surface area is 211 Å². The Morgan fingerprint density at radius 3 is 2.66 bits per heavy atom. The molecule has 1 aromatic carbocycles. The van der Waals surface area contributed by atoms with Gasteiger partial charge in [0.05, 0.1) is 23.5 Å². The minimum atomic E-state index is -0.0585. The van der Waals surface area contributed by atoms with Crippen LogP contribution in [-0.2, 0) is 24.1 Å². The van der Waals surface area contributed by atoms with Gasteiger partial charge in [-0.25, -0.2) is 9.97 Å². The van der Waals surface area contributed by atoms with Crippen molar-refractivity contribution in [2.24, 2.45) is 11.3 Å². The van der Waals surface area contributed by atoms with Gasteiger partial charge in [-0.2, -0.15) is 0 Å². The van der Waals surface area contributed by atoms with Gasteiger partial charge in [0, 0.05) is 16.6 Å². The van der Waals surface area contributed by atoms with Gasteiger partial charge in [-0.3, -0.25) is 4.79 Å². The van der Waals surface area contributed by atoms with Gasteiger partial charge in [0.2, 0.25) is 5.91 Å². The monoisotopic (exact) mass is 486 g/mol. The lowest BCUT2D eigenvalue weighted by atomic mass is 9.73. The van der Waals surface area contributed by atoms with Gasteiger partial charge in [0.1, 0.15) is 5.65 Å². The number of benzene rings is 1. The molecule has 1 N–H and O–H groups in total. The van der Waals surface area contributed by atoms with E-state index in [4.69, 9.17) is 9.97 Å². The summed E-state index contributed by atoms with van der Waals surface area (Å²) in [5, 5.41) is 3.81. The highest BCUT2D eigenvalue weighted by Gasteiger charge is 2.31. The number of hydrogen-bond acceptors (Lipinski definition) is 4. The molecule has 1 atom stereocenters. The van der Waals surface area contributed by atoms with E-state index < -0.39 is 0 Å². The summed E-state index contributed by atoms with van der Waals surface area (Å²) in [6.07, 6.45) is 5.44. The molecule has 1 unspecified atom stereocenters. The molecule has 3 heterocycles. The third-order valence-corrected chi connectivity index (χ3v) is 8.50. The lowest BCUT2D eigenvalue weighted by Crippen LogP contribution is -2.26. The van der Waals surface area contributed by atoms with E-state index in [1.807, 2.05) is 12.3 Å². The zero-order chi connectivity index (χ0) is 24.9. The van der Waals surface area contributed by atoms with Crippen LogP contribution in [0.2, 0.25) is 0 Å². The van der Waals surface area contributed by atoms with Crippen molar-refractivity contribution in [1.82, 2.24) is 14.4 Å². The summed E-state index contributed by atoms with van der Waals surface area (Å²) in [6, 6.07) is 10.4. The van der Waals surface area contributed by atoms with Crippen molar-refractivity contribution in [1.29, 1.82) is 0 Å². The van der Waals surface area contributed by atoms with Crippen molar-refractivity contribution in [2.75, 3.05) is 5.32 Å². The number of aromatic nitrogens is 3. The molecule has 182 valence electrons. The Balaban J connectivity index is 1.43. The van der Waals surface area contributed by atoms with Crippen LogP contribution in [0.3, 0.4) is 0 Å². The van der Waals surface area contributed by atoms with E-state index in [0.29, 0.717) is 11.0 Å². The average Bonchev–Trinajstić information content (AvgIpc) is 3.36. The molecule has 3 aromatic heterocycles. The molecule has 0 fully saturated rings. The van der Waals surface area contributed by atoms with Crippen molar-refractivity contribution in [3.63, 3.8) is 0 Å². The first-order valence-corrected chi connectivity index (χ1v) is 13.2. The van der Waals surface area contributed by atoms with Crippen LogP contribution >= 0.6 is 11.3 Å². The predicted octanol–water partition coefficient (Wildman–Crippen LogP) is 6.72. The molecule has 1 amide bonds. The zero-order valence-electron chi connectivity index (χ0n) is 21.5. The predicted molar refractivity (Wildman–Crippen MR) is 144 cm³/mol. The highest BCUT2D eigenvalue weighted by atomic mass is 32.1. The molecule has 0 bridgehead atoms. The van der Waals surface area contributed by atoms with Crippen molar-refractivity contribution < 1.29 is 4.79 Å². The number of imidazole rings is 1. The fraction of sp³-hybridized carbons (Fsp3) is 0.414. The van der Waals surface area contributed by atoms with Crippen LogP contribution in [0.4, 0.5) is 5.13 Å². The molecule has 6 heteroatoms. The standard InChI is InChI=1S/C29H34N4OS/c1-17-9-10-20(14-19(17)3)26-23(33-13-7-8-18(2)27(33)32-26)16-25(34)31-28-30-22-12-11-21(29(4,5)6)15-24(22)35-28/h7-10,13-14,21H,11-12,15-16H2,1-6H3,(H,30,31,34). The van der Waals surface area contributed by atoms with Gasteiger partial charge >= 0.3 is 0 Å². The maximum absolute atomic E-state index is 13.3. The maximum atomic E-state index is 13.3. The number of pyridine rings is 1. The second-order valence-electron chi connectivity index (χ2n) is 11.0. The second kappa shape index (κ2) is 8.90. The van der Waals surface area contributed by atoms with E-state index in [1.165, 1.54) is 16.0 Å². The van der Waals surface area contributed by atoms with E-state index >= 15 is 0 Å². The van der Waals surface area contributed by atoms with Crippen molar-refractivity contribution in [3.05, 3.63) is 69.5 Å². The summed E-state index contributed by atoms with van der Waals surface area (Å²) in [4.78, 5) is 24.3. The Morgan fingerprint density at radius 2 is 1.91 bits per heavy atom. The molecule has 35 heavy (non-hydrogen) atoms. The summed E-state index contributed by atoms with van der Waals surface area (Å²) in [5.74, 6) is 0.595. The van der Waals surface area contributed by atoms with Crippen LogP contribution in [0.1, 0.15) is 60.1 Å². The van der Waals surface area contributed by atoms with Gasteiger partial charge in [-0.05, 0) is 80.2 Å². The second-order valence-corrected chi connectivity index (χ2v) is 12.1. The molecule has 5 nitrogen and oxygen atoms in total. The number of nitrogens with one attached hydrogen (secondary N) is 1. The van der Waals surface area contributed by atoms with Gasteiger partial charge in [0.25, 0.3) is 0 Å². The molecule has 0 saturated carbocycles. The average molecular weight is 487 g/mol. The van der Waals surface area contributed by atoms with Gasteiger partial charge in [-0.15, -0.1) is 11.3 Å². The molecule has 1 aliphatic carbocycles. The number of aryl methyl sites for hydroxylation is 4. The first-order valence-electron chi connectivity index (χ1n) is 12.4. The number of fused-ring (bicyclic) bond motifs is 2. The number of amides is 1. The van der Waals surface area contributed by atoms with Crippen LogP contribution < -0.4 is 5.32 Å². The lowest BCUT2D eigenvalue weighted by molar-refractivity contribution is -0.115. The molecule has 0 radical (unpaired) electrons. The molecule has 4 aromatic rings. The smallest absolute Gasteiger partial charge is 0.232 e. The molecular formula is C29H34N4OS. The van der Waals surface area contributed by atoms with E-state index in [9.17, 15) is 4.79 Å². The summed E-state index contributed by atoms with van der Waals surface area (Å²) in [5.41, 5.74) is 8.69. The summed E-state index contributed by atoms with van der Waals surface area (Å²) in [6.45, 7) is 13.2. The van der Waals surface area contributed by atoms with E-state index in [0.717, 1.165) is 53.1 Å². The Hall–Kier alpha value is -2.99. The van der Waals surface area contributed by atoms with Crippen LogP contribution in [0.15, 0.2) is 36.5 Å². The fourth-order valence-electron chi connectivity index (χ4n) is 5.02. The molecule has 0 saturated heterocycles. The topological polar surface area (TPSA) is 59.3 Å². The third-order valence-electron chi connectivity index (χ3n) is 7.46. The number of thiazole rings is 1. The van der Waals surface area contributed by atoms with E-state index in [1.54, 1.807) is 11.3 Å². The number of hydrogen-bond donors (Lipinski definition) is 1. The largest absolute Gasteiger partial charge is 0.303 e. The van der Waals surface area contributed by atoms with Gasteiger partial charge in [0.15, 0.2) is 5.13 Å². The first-order chi connectivity index (χ1) is 16.6. The number of rotatable bonds is 4. The number of carbonyl (C=O) groups is 1. The first kappa shape index (κ1) is 23.7. The summed E-state index contributed by atoms with van der Waals surface area (Å²) < 4.78 is 2.06. The van der Waals surface area contributed by atoms with Crippen molar-refractivity contribution in [2.45, 2.75) is 67.2 Å². The third kappa shape index (κ3) is 4.64. The van der Waals surface area contributed by atoms with Crippen molar-refractivity contribution >= 4 is 28.0 Å². The van der Waals surface area contributed by atoms with Gasteiger partial charge in [-0.1, -0.05) is 39.0 Å². The Kier molecular flexibility index (Phi) is 6.04. The molecule has 5 rings (SSSR count). The van der Waals surface area contributed by atoms with Gasteiger partial charge < -0.3 is 9.72 Å². The van der Waals surface area contributed by atoms with Crippen LogP contribution in [0.5, 0.6) is 0 Å². The van der Waals surface area contributed by atoms with Crippen LogP contribution in [0, 0.1) is 32.1 Å². The fourth-order valence-corrected chi connectivity index (χ4v) is 6.13. The number of nitrogens with zero attached hydrogens (tertiary/aromatic N) is 3. The molecular weight excluding hydrogens is 452 g/mol. The van der Waals surface area contributed by atoms with Crippen molar-refractivity contribution in [3.8, 4) is 11.3 Å². The normalized spacial score (nSPS) is 15.9. The summed E-state index contributed by atoms with van der Waals surface area (Å²) in [7, 11) is 0.